The van der Waals surface area contributed by atoms with Gasteiger partial charge in [-0.3, -0.25) is 0 Å². The van der Waals surface area contributed by atoms with Gasteiger partial charge < -0.3 is 16.2 Å². The van der Waals surface area contributed by atoms with Crippen molar-refractivity contribution in [2.24, 2.45) is 11.8 Å². The van der Waals surface area contributed by atoms with Crippen molar-refractivity contribution in [1.29, 1.82) is 0 Å². The molecule has 0 heterocycles. The average Bonchev–Trinajstić information content (AvgIpc) is 2.42. The summed E-state index contributed by atoms with van der Waals surface area (Å²) < 4.78 is 13.8. The second kappa shape index (κ2) is 6.33. The summed E-state index contributed by atoms with van der Waals surface area (Å²) in [6, 6.07) is 2.65. The Morgan fingerprint density at radius 3 is 2.67 bits per heavy atom. The van der Waals surface area contributed by atoms with E-state index in [0.717, 1.165) is 19.3 Å². The molecule has 0 aliphatic heterocycles. The molecule has 2 atom stereocenters. The Balaban J connectivity index is 2.22. The van der Waals surface area contributed by atoms with Gasteiger partial charge in [0, 0.05) is 6.04 Å². The van der Waals surface area contributed by atoms with Crippen LogP contribution in [-0.2, 0) is 0 Å². The van der Waals surface area contributed by atoms with Crippen LogP contribution in [0.2, 0.25) is 0 Å². The van der Waals surface area contributed by atoms with E-state index in [-0.39, 0.29) is 17.3 Å². The highest BCUT2D eigenvalue weighted by Crippen LogP contribution is 2.34. The number of halogens is 1. The zero-order chi connectivity index (χ0) is 15.6. The predicted octanol–water partition coefficient (Wildman–Crippen LogP) is 3.73. The summed E-state index contributed by atoms with van der Waals surface area (Å²) >= 11 is 0. The number of benzene rings is 1. The minimum absolute atomic E-state index is 0.260. The Morgan fingerprint density at radius 1 is 1.38 bits per heavy atom. The van der Waals surface area contributed by atoms with Crippen molar-refractivity contribution in [3.05, 3.63) is 23.5 Å². The molecule has 4 N–H and O–H groups in total. The van der Waals surface area contributed by atoms with Crippen LogP contribution < -0.4 is 11.1 Å². The molecule has 4 nitrogen and oxygen atoms in total. The van der Waals surface area contributed by atoms with Crippen molar-refractivity contribution in [3.63, 3.8) is 0 Å². The van der Waals surface area contributed by atoms with Crippen LogP contribution in [0.25, 0.3) is 0 Å². The summed E-state index contributed by atoms with van der Waals surface area (Å²) in [6.07, 6.45) is 4.56. The molecule has 116 valence electrons. The predicted molar refractivity (Wildman–Crippen MR) is 82.0 cm³/mol. The smallest absolute Gasteiger partial charge is 0.338 e. The van der Waals surface area contributed by atoms with E-state index >= 15 is 0 Å². The number of anilines is 2. The van der Waals surface area contributed by atoms with Crippen LogP contribution in [0.15, 0.2) is 12.1 Å². The fourth-order valence-corrected chi connectivity index (χ4v) is 3.22. The lowest BCUT2D eigenvalue weighted by atomic mass is 9.77. The monoisotopic (exact) mass is 294 g/mol. The molecule has 1 saturated carbocycles. The molecule has 2 unspecified atom stereocenters. The number of nitrogen functional groups attached to an aromatic ring is 1. The van der Waals surface area contributed by atoms with Gasteiger partial charge in [-0.1, -0.05) is 26.7 Å². The topological polar surface area (TPSA) is 75.3 Å². The van der Waals surface area contributed by atoms with Crippen LogP contribution in [-0.4, -0.2) is 17.1 Å². The molecule has 0 aromatic heterocycles. The SMILES string of the molecule is CC(C)C1CCCCC1Nc1cc(F)c(C(=O)O)cc1N. The maximum absolute atomic E-state index is 13.8. The van der Waals surface area contributed by atoms with Crippen molar-refractivity contribution < 1.29 is 14.3 Å². The van der Waals surface area contributed by atoms with Gasteiger partial charge in [-0.25, -0.2) is 9.18 Å². The molecule has 1 aliphatic carbocycles. The van der Waals surface area contributed by atoms with Gasteiger partial charge in [0.15, 0.2) is 0 Å². The Morgan fingerprint density at radius 2 is 2.05 bits per heavy atom. The van der Waals surface area contributed by atoms with Gasteiger partial charge in [-0.15, -0.1) is 0 Å². The zero-order valence-electron chi connectivity index (χ0n) is 12.5. The summed E-state index contributed by atoms with van der Waals surface area (Å²) in [5, 5.41) is 12.2. The van der Waals surface area contributed by atoms with Gasteiger partial charge in [0.2, 0.25) is 0 Å². The standard InChI is InChI=1S/C16H23FN2O2/c1-9(2)10-5-3-4-6-14(10)19-15-8-12(17)11(16(20)21)7-13(15)18/h7-10,14,19H,3-6,18H2,1-2H3,(H,20,21). The highest BCUT2D eigenvalue weighted by molar-refractivity contribution is 5.90. The molecular weight excluding hydrogens is 271 g/mol. The molecule has 1 aliphatic rings. The third kappa shape index (κ3) is 3.46. The fraction of sp³-hybridized carbons (Fsp3) is 0.562. The van der Waals surface area contributed by atoms with Gasteiger partial charge in [0.05, 0.1) is 16.9 Å². The Bertz CT molecular complexity index is 531. The molecule has 0 bridgehead atoms. The molecule has 0 radical (unpaired) electrons. The number of carbonyl (C=O) groups is 1. The van der Waals surface area contributed by atoms with Gasteiger partial charge >= 0.3 is 5.97 Å². The van der Waals surface area contributed by atoms with Crippen molar-refractivity contribution in [3.8, 4) is 0 Å². The van der Waals surface area contributed by atoms with E-state index in [9.17, 15) is 9.18 Å². The summed E-state index contributed by atoms with van der Waals surface area (Å²) in [5.41, 5.74) is 6.26. The molecule has 5 heteroatoms. The number of aromatic carboxylic acids is 1. The third-order valence-electron chi connectivity index (χ3n) is 4.39. The van der Waals surface area contributed by atoms with E-state index in [1.807, 2.05) is 0 Å². The molecular formula is C16H23FN2O2. The number of nitrogens with one attached hydrogen (secondary N) is 1. The Labute approximate surface area is 124 Å². The molecule has 0 spiro atoms. The number of rotatable bonds is 4. The second-order valence-corrected chi connectivity index (χ2v) is 6.17. The van der Waals surface area contributed by atoms with Gasteiger partial charge in [-0.05, 0) is 36.8 Å². The van der Waals surface area contributed by atoms with Crippen LogP contribution >= 0.6 is 0 Å². The summed E-state index contributed by atoms with van der Waals surface area (Å²) in [4.78, 5) is 10.9. The minimum Gasteiger partial charge on any atom is -0.478 e. The number of nitrogens with two attached hydrogens (primary N) is 1. The van der Waals surface area contributed by atoms with Crippen LogP contribution in [0.4, 0.5) is 15.8 Å². The van der Waals surface area contributed by atoms with Gasteiger partial charge in [-0.2, -0.15) is 0 Å². The number of hydrogen-bond acceptors (Lipinski definition) is 3. The first-order chi connectivity index (χ1) is 9.90. The Kier molecular flexibility index (Phi) is 4.70. The number of hydrogen-bond donors (Lipinski definition) is 3. The van der Waals surface area contributed by atoms with E-state index in [1.165, 1.54) is 18.6 Å². The minimum atomic E-state index is -1.30. The summed E-state index contributed by atoms with van der Waals surface area (Å²) in [6.45, 7) is 4.39. The molecule has 1 fully saturated rings. The fourth-order valence-electron chi connectivity index (χ4n) is 3.22. The first-order valence-corrected chi connectivity index (χ1v) is 7.49. The maximum atomic E-state index is 13.8. The van der Waals surface area contributed by atoms with Crippen molar-refractivity contribution in [1.82, 2.24) is 0 Å². The molecule has 21 heavy (non-hydrogen) atoms. The molecule has 0 saturated heterocycles. The maximum Gasteiger partial charge on any atom is 0.338 e. The van der Waals surface area contributed by atoms with Crippen molar-refractivity contribution in [2.45, 2.75) is 45.6 Å². The van der Waals surface area contributed by atoms with Crippen molar-refractivity contribution >= 4 is 17.3 Å². The Hall–Kier alpha value is -1.78. The van der Waals surface area contributed by atoms with Gasteiger partial charge in [0.1, 0.15) is 5.82 Å². The van der Waals surface area contributed by atoms with Crippen molar-refractivity contribution in [2.75, 3.05) is 11.1 Å². The lowest BCUT2D eigenvalue weighted by Gasteiger charge is -2.35. The third-order valence-corrected chi connectivity index (χ3v) is 4.39. The number of carboxylic acid groups (broad SMARTS) is 1. The van der Waals surface area contributed by atoms with Crippen LogP contribution in [0, 0.1) is 17.7 Å². The van der Waals surface area contributed by atoms with E-state index < -0.39 is 11.8 Å². The average molecular weight is 294 g/mol. The van der Waals surface area contributed by atoms with E-state index in [2.05, 4.69) is 19.2 Å². The van der Waals surface area contributed by atoms with E-state index in [4.69, 9.17) is 10.8 Å². The summed E-state index contributed by atoms with van der Waals surface area (Å²) in [7, 11) is 0. The molecule has 0 amide bonds. The summed E-state index contributed by atoms with van der Waals surface area (Å²) in [5.74, 6) is -0.980. The first-order valence-electron chi connectivity index (χ1n) is 7.49. The van der Waals surface area contributed by atoms with E-state index in [1.54, 1.807) is 0 Å². The first kappa shape index (κ1) is 15.6. The second-order valence-electron chi connectivity index (χ2n) is 6.17. The van der Waals surface area contributed by atoms with Crippen LogP contribution in [0.5, 0.6) is 0 Å². The highest BCUT2D eigenvalue weighted by Gasteiger charge is 2.28. The van der Waals surface area contributed by atoms with Crippen LogP contribution in [0.3, 0.4) is 0 Å². The quantitative estimate of drug-likeness (QED) is 0.740. The normalized spacial score (nSPS) is 22.3. The molecule has 1 aromatic carbocycles. The lowest BCUT2D eigenvalue weighted by Crippen LogP contribution is -2.35. The van der Waals surface area contributed by atoms with E-state index in [0.29, 0.717) is 17.5 Å². The van der Waals surface area contributed by atoms with Crippen LogP contribution in [0.1, 0.15) is 49.9 Å². The van der Waals surface area contributed by atoms with Gasteiger partial charge in [0.25, 0.3) is 0 Å². The number of carboxylic acids is 1. The molecule has 1 aromatic rings. The molecule has 2 rings (SSSR count). The largest absolute Gasteiger partial charge is 0.478 e. The zero-order valence-corrected chi connectivity index (χ0v) is 12.5. The lowest BCUT2D eigenvalue weighted by molar-refractivity contribution is 0.0692. The highest BCUT2D eigenvalue weighted by atomic mass is 19.1.